The maximum absolute atomic E-state index is 12.4. The smallest absolute Gasteiger partial charge is 0.308 e. The highest BCUT2D eigenvalue weighted by Gasteiger charge is 2.10. The van der Waals surface area contributed by atoms with Crippen molar-refractivity contribution in [3.63, 3.8) is 0 Å². The highest BCUT2D eigenvalue weighted by Crippen LogP contribution is 2.24. The van der Waals surface area contributed by atoms with Gasteiger partial charge in [-0.15, -0.1) is 0 Å². The Labute approximate surface area is 114 Å². The summed E-state index contributed by atoms with van der Waals surface area (Å²) in [5, 5.41) is 1.02. The molecule has 0 atom stereocenters. The van der Waals surface area contributed by atoms with Gasteiger partial charge in [-0.3, -0.25) is 9.59 Å². The zero-order valence-corrected chi connectivity index (χ0v) is 11.1. The largest absolute Gasteiger partial charge is 0.455 e. The number of esters is 1. The molecule has 4 nitrogen and oxygen atoms in total. The molecular formula is C16H12O4. The first-order chi connectivity index (χ1) is 9.56. The van der Waals surface area contributed by atoms with E-state index < -0.39 is 5.97 Å². The van der Waals surface area contributed by atoms with Crippen LogP contribution in [0.25, 0.3) is 21.9 Å². The summed E-state index contributed by atoms with van der Waals surface area (Å²) in [6, 6.07) is 10.2. The fraction of sp³-hybridized carbons (Fsp3) is 0.125. The average Bonchev–Trinajstić information content (AvgIpc) is 2.39. The third-order valence-corrected chi connectivity index (χ3v) is 3.13. The third kappa shape index (κ3) is 1.95. The molecule has 0 N–H and O–H groups in total. The average molecular weight is 268 g/mol. The molecule has 3 aromatic rings. The Morgan fingerprint density at radius 2 is 1.95 bits per heavy atom. The van der Waals surface area contributed by atoms with Gasteiger partial charge in [0.1, 0.15) is 16.9 Å². The van der Waals surface area contributed by atoms with Crippen LogP contribution in [-0.2, 0) is 4.79 Å². The van der Waals surface area contributed by atoms with Gasteiger partial charge in [-0.25, -0.2) is 0 Å². The van der Waals surface area contributed by atoms with Gasteiger partial charge < -0.3 is 9.15 Å². The van der Waals surface area contributed by atoms with Gasteiger partial charge in [-0.1, -0.05) is 12.1 Å². The molecule has 0 aliphatic carbocycles. The summed E-state index contributed by atoms with van der Waals surface area (Å²) < 4.78 is 10.8. The third-order valence-electron chi connectivity index (χ3n) is 3.13. The maximum Gasteiger partial charge on any atom is 0.308 e. The van der Waals surface area contributed by atoms with Crippen LogP contribution in [0.3, 0.4) is 0 Å². The molecule has 0 saturated heterocycles. The molecular weight excluding hydrogens is 256 g/mol. The number of hydrogen-bond acceptors (Lipinski definition) is 4. The van der Waals surface area contributed by atoms with Gasteiger partial charge in [0.15, 0.2) is 0 Å². The van der Waals surface area contributed by atoms with Gasteiger partial charge in [0.2, 0.25) is 5.43 Å². The van der Waals surface area contributed by atoms with Crippen LogP contribution in [0.1, 0.15) is 12.5 Å². The Morgan fingerprint density at radius 1 is 1.15 bits per heavy atom. The van der Waals surface area contributed by atoms with Crippen LogP contribution >= 0.6 is 0 Å². The van der Waals surface area contributed by atoms with Crippen molar-refractivity contribution in [2.75, 3.05) is 0 Å². The summed E-state index contributed by atoms with van der Waals surface area (Å²) in [7, 11) is 0. The number of fused-ring (bicyclic) bond motifs is 2. The van der Waals surface area contributed by atoms with Gasteiger partial charge >= 0.3 is 5.97 Å². The van der Waals surface area contributed by atoms with Crippen LogP contribution in [0.5, 0.6) is 5.75 Å². The predicted octanol–water partition coefficient (Wildman–Crippen LogP) is 3.18. The van der Waals surface area contributed by atoms with Crippen LogP contribution in [0, 0.1) is 6.92 Å². The fourth-order valence-electron chi connectivity index (χ4n) is 2.23. The number of ether oxygens (including phenoxy) is 1. The standard InChI is InChI=1S/C16H12O4/c1-9-4-3-5-13-15(18)12-7-6-11(19-10(2)17)8-14(12)20-16(9)13/h3-8H,1-2H3. The first-order valence-electron chi connectivity index (χ1n) is 6.21. The predicted molar refractivity (Wildman–Crippen MR) is 76.0 cm³/mol. The van der Waals surface area contributed by atoms with E-state index in [1.54, 1.807) is 24.3 Å². The lowest BCUT2D eigenvalue weighted by Gasteiger charge is -2.05. The van der Waals surface area contributed by atoms with Crippen molar-refractivity contribution in [3.8, 4) is 5.75 Å². The summed E-state index contributed by atoms with van der Waals surface area (Å²) in [6.45, 7) is 3.21. The Morgan fingerprint density at radius 3 is 2.70 bits per heavy atom. The molecule has 3 rings (SSSR count). The number of para-hydroxylation sites is 1. The second kappa shape index (κ2) is 4.49. The normalized spacial score (nSPS) is 10.9. The van der Waals surface area contributed by atoms with Crippen LogP contribution in [0.2, 0.25) is 0 Å². The van der Waals surface area contributed by atoms with Crippen molar-refractivity contribution >= 4 is 27.9 Å². The lowest BCUT2D eigenvalue weighted by atomic mass is 10.1. The van der Waals surface area contributed by atoms with E-state index in [1.807, 2.05) is 19.1 Å². The number of aryl methyl sites for hydroxylation is 1. The van der Waals surface area contributed by atoms with Crippen LogP contribution < -0.4 is 10.2 Å². The molecule has 0 spiro atoms. The quantitative estimate of drug-likeness (QED) is 0.386. The van der Waals surface area contributed by atoms with Crippen molar-refractivity contribution in [1.82, 2.24) is 0 Å². The lowest BCUT2D eigenvalue weighted by molar-refractivity contribution is -0.131. The van der Waals surface area contributed by atoms with Crippen LogP contribution in [0.15, 0.2) is 45.6 Å². The number of hydrogen-bond donors (Lipinski definition) is 0. The van der Waals surface area contributed by atoms with E-state index in [-0.39, 0.29) is 5.43 Å². The number of rotatable bonds is 1. The van der Waals surface area contributed by atoms with Crippen molar-refractivity contribution in [2.45, 2.75) is 13.8 Å². The van der Waals surface area contributed by atoms with Crippen LogP contribution in [0.4, 0.5) is 0 Å². The van der Waals surface area contributed by atoms with Gasteiger partial charge in [-0.05, 0) is 30.7 Å². The number of benzene rings is 2. The lowest BCUT2D eigenvalue weighted by Crippen LogP contribution is -2.04. The van der Waals surface area contributed by atoms with E-state index in [4.69, 9.17) is 9.15 Å². The van der Waals surface area contributed by atoms with E-state index >= 15 is 0 Å². The van der Waals surface area contributed by atoms with E-state index in [0.717, 1.165) is 5.56 Å². The van der Waals surface area contributed by atoms with E-state index in [2.05, 4.69) is 0 Å². The van der Waals surface area contributed by atoms with Crippen LogP contribution in [-0.4, -0.2) is 5.97 Å². The number of carbonyl (C=O) groups is 1. The minimum Gasteiger partial charge on any atom is -0.455 e. The summed E-state index contributed by atoms with van der Waals surface area (Å²) >= 11 is 0. The second-order valence-corrected chi connectivity index (χ2v) is 4.63. The highest BCUT2D eigenvalue weighted by molar-refractivity contribution is 5.91. The van der Waals surface area contributed by atoms with Gasteiger partial charge in [0.25, 0.3) is 0 Å². The molecule has 1 aromatic heterocycles. The molecule has 20 heavy (non-hydrogen) atoms. The van der Waals surface area contributed by atoms with Gasteiger partial charge in [-0.2, -0.15) is 0 Å². The molecule has 0 aliphatic heterocycles. The molecule has 1 heterocycles. The van der Waals surface area contributed by atoms with E-state index in [1.165, 1.54) is 6.92 Å². The van der Waals surface area contributed by atoms with Crippen molar-refractivity contribution in [1.29, 1.82) is 0 Å². The van der Waals surface area contributed by atoms with E-state index in [9.17, 15) is 9.59 Å². The minimum atomic E-state index is -0.413. The van der Waals surface area contributed by atoms with E-state index in [0.29, 0.717) is 27.7 Å². The second-order valence-electron chi connectivity index (χ2n) is 4.63. The molecule has 0 amide bonds. The summed E-state index contributed by atoms with van der Waals surface area (Å²) in [5.74, 6) is -0.0512. The molecule has 0 aliphatic rings. The van der Waals surface area contributed by atoms with Gasteiger partial charge in [0.05, 0.1) is 10.8 Å². The molecule has 0 radical (unpaired) electrons. The zero-order chi connectivity index (χ0) is 14.3. The molecule has 4 heteroatoms. The first-order valence-corrected chi connectivity index (χ1v) is 6.21. The highest BCUT2D eigenvalue weighted by atomic mass is 16.5. The topological polar surface area (TPSA) is 56.5 Å². The molecule has 0 unspecified atom stereocenters. The number of carbonyl (C=O) groups excluding carboxylic acids is 1. The SMILES string of the molecule is CC(=O)Oc1ccc2c(=O)c3cccc(C)c3oc2c1. The Bertz CT molecular complexity index is 890. The molecule has 0 saturated carbocycles. The molecule has 100 valence electrons. The Kier molecular flexibility index (Phi) is 2.79. The summed E-state index contributed by atoms with van der Waals surface area (Å²) in [6.07, 6.45) is 0. The fourth-order valence-corrected chi connectivity index (χ4v) is 2.23. The monoisotopic (exact) mass is 268 g/mol. The van der Waals surface area contributed by atoms with Crippen molar-refractivity contribution in [2.24, 2.45) is 0 Å². The molecule has 2 aromatic carbocycles. The maximum atomic E-state index is 12.4. The zero-order valence-electron chi connectivity index (χ0n) is 11.1. The molecule has 0 fully saturated rings. The Balaban J connectivity index is 2.36. The first kappa shape index (κ1) is 12.4. The molecule has 0 bridgehead atoms. The Hall–Kier alpha value is -2.62. The van der Waals surface area contributed by atoms with Crippen molar-refractivity contribution in [3.05, 3.63) is 52.2 Å². The summed E-state index contributed by atoms with van der Waals surface area (Å²) in [4.78, 5) is 23.4. The minimum absolute atomic E-state index is 0.0840. The van der Waals surface area contributed by atoms with Gasteiger partial charge in [0, 0.05) is 13.0 Å². The van der Waals surface area contributed by atoms with Crippen molar-refractivity contribution < 1.29 is 13.9 Å². The summed E-state index contributed by atoms with van der Waals surface area (Å²) in [5.41, 5.74) is 1.78.